The van der Waals surface area contributed by atoms with E-state index < -0.39 is 22.6 Å². The van der Waals surface area contributed by atoms with Crippen molar-refractivity contribution in [3.8, 4) is 11.5 Å². The normalized spacial score (nSPS) is 11.0. The molecule has 8 heteroatoms. The number of ether oxygens (including phenoxy) is 2. The van der Waals surface area contributed by atoms with Crippen LogP contribution in [-0.4, -0.2) is 39.6 Å². The van der Waals surface area contributed by atoms with Crippen molar-refractivity contribution in [2.75, 3.05) is 19.4 Å². The third-order valence-corrected chi connectivity index (χ3v) is 4.77. The maximum atomic E-state index is 12.0. The van der Waals surface area contributed by atoms with Crippen LogP contribution in [-0.2, 0) is 19.6 Å². The molecule has 0 amide bonds. The Morgan fingerprint density at radius 2 is 1.58 bits per heavy atom. The zero-order valence-corrected chi connectivity index (χ0v) is 15.0. The second-order valence-electron chi connectivity index (χ2n) is 5.30. The molecule has 0 saturated carbocycles. The van der Waals surface area contributed by atoms with Crippen LogP contribution in [0.4, 0.5) is 0 Å². The molecule has 0 atom stereocenters. The zero-order chi connectivity index (χ0) is 19.0. The lowest BCUT2D eigenvalue weighted by Gasteiger charge is -2.07. The Labute approximate surface area is 152 Å². The molecular weight excluding hydrogens is 358 g/mol. The molecule has 1 N–H and O–H groups in total. The van der Waals surface area contributed by atoms with Crippen LogP contribution in [0.1, 0.15) is 16.8 Å². The molecule has 2 rings (SSSR count). The number of carbonyl (C=O) groups is 2. The molecule has 0 radical (unpaired) electrons. The van der Waals surface area contributed by atoms with E-state index in [-0.39, 0.29) is 18.0 Å². The summed E-state index contributed by atoms with van der Waals surface area (Å²) < 4.78 is 35.0. The first-order chi connectivity index (χ1) is 12.4. The molecule has 0 aromatic heterocycles. The molecule has 0 aliphatic carbocycles. The molecule has 0 aliphatic heterocycles. The van der Waals surface area contributed by atoms with Crippen LogP contribution in [0.15, 0.2) is 54.6 Å². The van der Waals surface area contributed by atoms with Crippen molar-refractivity contribution in [2.45, 2.75) is 6.42 Å². The second kappa shape index (κ2) is 9.12. The lowest BCUT2D eigenvalue weighted by molar-refractivity contribution is -0.142. The summed E-state index contributed by atoms with van der Waals surface area (Å²) in [5.41, 5.74) is 0.362. The Morgan fingerprint density at radius 3 is 2.19 bits per heavy atom. The minimum atomic E-state index is -3.49. The third kappa shape index (κ3) is 6.30. The molecule has 26 heavy (non-hydrogen) atoms. The van der Waals surface area contributed by atoms with E-state index in [1.54, 1.807) is 24.3 Å². The lowest BCUT2D eigenvalue weighted by Crippen LogP contribution is -2.24. The van der Waals surface area contributed by atoms with E-state index in [0.717, 1.165) is 0 Å². The SMILES string of the molecule is CNS(=O)(=O)CCC(=O)OCC(=O)c1ccc(Oc2ccccc2)cc1. The molecule has 0 heterocycles. The fourth-order valence-electron chi connectivity index (χ4n) is 1.95. The van der Waals surface area contributed by atoms with Gasteiger partial charge in [0.15, 0.2) is 12.4 Å². The van der Waals surface area contributed by atoms with Crippen LogP contribution in [0.3, 0.4) is 0 Å². The Kier molecular flexibility index (Phi) is 6.88. The van der Waals surface area contributed by atoms with Gasteiger partial charge in [-0.05, 0) is 43.4 Å². The lowest BCUT2D eigenvalue weighted by atomic mass is 10.1. The van der Waals surface area contributed by atoms with Gasteiger partial charge in [-0.2, -0.15) is 0 Å². The van der Waals surface area contributed by atoms with Gasteiger partial charge in [-0.15, -0.1) is 0 Å². The van der Waals surface area contributed by atoms with Gasteiger partial charge < -0.3 is 9.47 Å². The summed E-state index contributed by atoms with van der Waals surface area (Å²) in [5, 5.41) is 0. The van der Waals surface area contributed by atoms with Gasteiger partial charge in [0.1, 0.15) is 11.5 Å². The number of hydrogen-bond acceptors (Lipinski definition) is 6. The summed E-state index contributed by atoms with van der Waals surface area (Å²) in [6.45, 7) is -0.447. The van der Waals surface area contributed by atoms with Crippen molar-refractivity contribution in [1.82, 2.24) is 4.72 Å². The summed E-state index contributed by atoms with van der Waals surface area (Å²) >= 11 is 0. The van der Waals surface area contributed by atoms with Crippen LogP contribution in [0, 0.1) is 0 Å². The molecule has 0 aliphatic rings. The second-order valence-corrected chi connectivity index (χ2v) is 7.34. The Morgan fingerprint density at radius 1 is 0.962 bits per heavy atom. The van der Waals surface area contributed by atoms with Crippen molar-refractivity contribution in [3.05, 3.63) is 60.2 Å². The summed E-state index contributed by atoms with van der Waals surface area (Å²) in [4.78, 5) is 23.5. The van der Waals surface area contributed by atoms with E-state index in [1.807, 2.05) is 30.3 Å². The molecule has 2 aromatic carbocycles. The van der Waals surface area contributed by atoms with Crippen molar-refractivity contribution >= 4 is 21.8 Å². The molecule has 2 aromatic rings. The maximum absolute atomic E-state index is 12.0. The van der Waals surface area contributed by atoms with Crippen LogP contribution in [0.2, 0.25) is 0 Å². The molecule has 0 spiro atoms. The van der Waals surface area contributed by atoms with Gasteiger partial charge in [0.05, 0.1) is 12.2 Å². The molecule has 0 saturated heterocycles. The average Bonchev–Trinajstić information content (AvgIpc) is 2.66. The number of esters is 1. The number of para-hydroxylation sites is 1. The molecule has 138 valence electrons. The average molecular weight is 377 g/mol. The first kappa shape index (κ1) is 19.6. The minimum Gasteiger partial charge on any atom is -0.457 e. The molecule has 0 fully saturated rings. The highest BCUT2D eigenvalue weighted by atomic mass is 32.2. The molecule has 0 bridgehead atoms. The van der Waals surface area contributed by atoms with E-state index in [2.05, 4.69) is 4.72 Å². The van der Waals surface area contributed by atoms with E-state index >= 15 is 0 Å². The van der Waals surface area contributed by atoms with Gasteiger partial charge in [0.2, 0.25) is 10.0 Å². The quantitative estimate of drug-likeness (QED) is 0.531. The van der Waals surface area contributed by atoms with Gasteiger partial charge in [-0.25, -0.2) is 13.1 Å². The van der Waals surface area contributed by atoms with Crippen LogP contribution in [0.25, 0.3) is 0 Å². The number of rotatable bonds is 9. The van der Waals surface area contributed by atoms with Gasteiger partial charge in [-0.1, -0.05) is 18.2 Å². The summed E-state index contributed by atoms with van der Waals surface area (Å²) in [7, 11) is -2.23. The number of hydrogen-bond donors (Lipinski definition) is 1. The largest absolute Gasteiger partial charge is 0.457 e. The predicted molar refractivity (Wildman–Crippen MR) is 95.7 cm³/mol. The number of nitrogens with one attached hydrogen (secondary N) is 1. The van der Waals surface area contributed by atoms with Crippen LogP contribution in [0.5, 0.6) is 11.5 Å². The summed E-state index contributed by atoms with van der Waals surface area (Å²) in [6, 6.07) is 15.6. The smallest absolute Gasteiger partial charge is 0.307 e. The summed E-state index contributed by atoms with van der Waals surface area (Å²) in [5.74, 6) is -0.275. The molecule has 7 nitrogen and oxygen atoms in total. The monoisotopic (exact) mass is 377 g/mol. The highest BCUT2D eigenvalue weighted by Gasteiger charge is 2.14. The standard InChI is InChI=1S/C18H19NO6S/c1-19-26(22,23)12-11-18(21)24-13-17(20)14-7-9-16(10-8-14)25-15-5-3-2-4-6-15/h2-10,19H,11-13H2,1H3. The van der Waals surface area contributed by atoms with E-state index in [0.29, 0.717) is 17.1 Å². The molecule has 0 unspecified atom stereocenters. The number of ketones is 1. The predicted octanol–water partition coefficient (Wildman–Crippen LogP) is 2.14. The number of sulfonamides is 1. The maximum Gasteiger partial charge on any atom is 0.307 e. The van der Waals surface area contributed by atoms with Crippen molar-refractivity contribution in [2.24, 2.45) is 0 Å². The topological polar surface area (TPSA) is 98.8 Å². The Balaban J connectivity index is 1.83. The zero-order valence-electron chi connectivity index (χ0n) is 14.2. The fraction of sp³-hybridized carbons (Fsp3) is 0.222. The van der Waals surface area contributed by atoms with Gasteiger partial charge in [0, 0.05) is 5.56 Å². The van der Waals surface area contributed by atoms with Crippen molar-refractivity contribution in [1.29, 1.82) is 0 Å². The van der Waals surface area contributed by atoms with E-state index in [9.17, 15) is 18.0 Å². The van der Waals surface area contributed by atoms with Gasteiger partial charge >= 0.3 is 5.97 Å². The summed E-state index contributed by atoms with van der Waals surface area (Å²) in [6.07, 6.45) is -0.319. The fourth-order valence-corrected chi connectivity index (χ4v) is 2.59. The number of carbonyl (C=O) groups excluding carboxylic acids is 2. The van der Waals surface area contributed by atoms with E-state index in [4.69, 9.17) is 9.47 Å². The van der Waals surface area contributed by atoms with Crippen molar-refractivity contribution in [3.63, 3.8) is 0 Å². The highest BCUT2D eigenvalue weighted by Crippen LogP contribution is 2.21. The van der Waals surface area contributed by atoms with E-state index in [1.165, 1.54) is 7.05 Å². The van der Waals surface area contributed by atoms with Gasteiger partial charge in [-0.3, -0.25) is 9.59 Å². The van der Waals surface area contributed by atoms with Crippen LogP contribution >= 0.6 is 0 Å². The third-order valence-electron chi connectivity index (χ3n) is 3.41. The number of benzene rings is 2. The number of Topliss-reactive ketones (excluding diaryl/α,β-unsaturated/α-hetero) is 1. The first-order valence-corrected chi connectivity index (χ1v) is 9.48. The minimum absolute atomic E-state index is 0.319. The Hall–Kier alpha value is -2.71. The van der Waals surface area contributed by atoms with Crippen molar-refractivity contribution < 1.29 is 27.5 Å². The highest BCUT2D eigenvalue weighted by molar-refractivity contribution is 7.89. The molecular formula is C18H19NO6S. The van der Waals surface area contributed by atoms with Crippen LogP contribution < -0.4 is 9.46 Å². The Bertz CT molecular complexity index is 847. The first-order valence-electron chi connectivity index (χ1n) is 7.82. The van der Waals surface area contributed by atoms with Gasteiger partial charge in [0.25, 0.3) is 0 Å².